The van der Waals surface area contributed by atoms with Crippen molar-refractivity contribution in [1.29, 1.82) is 0 Å². The fraction of sp³-hybridized carbons (Fsp3) is 0.400. The highest BCUT2D eigenvalue weighted by Crippen LogP contribution is 2.57. The number of benzene rings is 1. The van der Waals surface area contributed by atoms with E-state index in [0.29, 0.717) is 5.56 Å². The molecule has 6 nitrogen and oxygen atoms in total. The summed E-state index contributed by atoms with van der Waals surface area (Å²) in [5.74, 6) is 0. The molecule has 0 saturated carbocycles. The summed E-state index contributed by atoms with van der Waals surface area (Å²) in [6.07, 6.45) is -0.265. The van der Waals surface area contributed by atoms with Gasteiger partial charge in [-0.3, -0.25) is 9.13 Å². The molecule has 0 aliphatic carbocycles. The zero-order chi connectivity index (χ0) is 14.0. The van der Waals surface area contributed by atoms with E-state index in [4.69, 9.17) is 9.79 Å². The summed E-state index contributed by atoms with van der Waals surface area (Å²) in [6.45, 7) is 1.28. The topological polar surface area (TPSA) is 115 Å². The third kappa shape index (κ3) is 4.32. The number of rotatable bonds is 5. The highest BCUT2D eigenvalue weighted by atomic mass is 31.2. The Hall–Kier alpha value is -0.480. The van der Waals surface area contributed by atoms with Gasteiger partial charge >= 0.3 is 15.2 Å². The van der Waals surface area contributed by atoms with Gasteiger partial charge in [-0.1, -0.05) is 37.3 Å². The molecule has 4 N–H and O–H groups in total. The molecular weight excluding hydrogens is 278 g/mol. The van der Waals surface area contributed by atoms with Crippen LogP contribution >= 0.6 is 15.2 Å². The van der Waals surface area contributed by atoms with Crippen molar-refractivity contribution in [3.8, 4) is 0 Å². The second kappa shape index (κ2) is 5.66. The Morgan fingerprint density at radius 3 is 1.89 bits per heavy atom. The Bertz CT molecular complexity index is 476. The Kier molecular flexibility index (Phi) is 4.90. The molecular formula is C10H16O6P2. The highest BCUT2D eigenvalue weighted by Gasteiger charge is 2.36. The molecule has 0 fully saturated rings. The quantitative estimate of drug-likeness (QED) is 0.616. The van der Waals surface area contributed by atoms with Crippen LogP contribution in [0.4, 0.5) is 0 Å². The third-order valence-electron chi connectivity index (χ3n) is 2.73. The molecule has 0 bridgehead atoms. The van der Waals surface area contributed by atoms with Crippen LogP contribution in [-0.2, 0) is 9.13 Å². The molecule has 1 aromatic rings. The molecule has 18 heavy (non-hydrogen) atoms. The van der Waals surface area contributed by atoms with Gasteiger partial charge in [0.25, 0.3) is 0 Å². The van der Waals surface area contributed by atoms with Crippen molar-refractivity contribution >= 4 is 15.2 Å². The maximum atomic E-state index is 11.4. The van der Waals surface area contributed by atoms with Gasteiger partial charge < -0.3 is 19.6 Å². The molecule has 1 rings (SSSR count). The predicted molar refractivity (Wildman–Crippen MR) is 67.4 cm³/mol. The Morgan fingerprint density at radius 2 is 1.50 bits per heavy atom. The predicted octanol–water partition coefficient (Wildman–Crippen LogP) is 1.86. The summed E-state index contributed by atoms with van der Waals surface area (Å²) in [6, 6.07) is 8.03. The first kappa shape index (κ1) is 15.6. The first-order valence-electron chi connectivity index (χ1n) is 5.27. The van der Waals surface area contributed by atoms with Crippen LogP contribution in [-0.4, -0.2) is 25.2 Å². The van der Waals surface area contributed by atoms with Gasteiger partial charge in [0.05, 0.1) is 11.3 Å². The van der Waals surface area contributed by atoms with Crippen LogP contribution in [0.25, 0.3) is 0 Å². The van der Waals surface area contributed by atoms with Gasteiger partial charge in [0.15, 0.2) is 0 Å². The summed E-state index contributed by atoms with van der Waals surface area (Å²) >= 11 is 0. The van der Waals surface area contributed by atoms with Crippen LogP contribution in [0.15, 0.2) is 30.3 Å². The van der Waals surface area contributed by atoms with Crippen LogP contribution in [0.5, 0.6) is 0 Å². The molecule has 0 aliphatic heterocycles. The summed E-state index contributed by atoms with van der Waals surface area (Å²) in [7, 11) is -8.81. The van der Waals surface area contributed by atoms with Crippen LogP contribution < -0.4 is 0 Å². The molecule has 0 heterocycles. The van der Waals surface area contributed by atoms with Gasteiger partial charge in [-0.05, 0) is 12.0 Å². The molecule has 0 radical (unpaired) electrons. The van der Waals surface area contributed by atoms with Crippen molar-refractivity contribution in [1.82, 2.24) is 0 Å². The van der Waals surface area contributed by atoms with Crippen molar-refractivity contribution in [2.24, 2.45) is 0 Å². The van der Waals surface area contributed by atoms with Crippen molar-refractivity contribution in [3.05, 3.63) is 35.9 Å². The lowest BCUT2D eigenvalue weighted by Crippen LogP contribution is -2.10. The van der Waals surface area contributed by atoms with E-state index >= 15 is 0 Å². The summed E-state index contributed by atoms with van der Waals surface area (Å²) in [4.78, 5) is 36.6. The largest absolute Gasteiger partial charge is 0.332 e. The Morgan fingerprint density at radius 1 is 1.00 bits per heavy atom. The van der Waals surface area contributed by atoms with Crippen molar-refractivity contribution in [3.63, 3.8) is 0 Å². The molecule has 0 spiro atoms. The second-order valence-electron chi connectivity index (χ2n) is 4.19. The Labute approximate surface area is 105 Å². The highest BCUT2D eigenvalue weighted by molar-refractivity contribution is 7.53. The first-order chi connectivity index (χ1) is 8.12. The number of hydrogen-bond acceptors (Lipinski definition) is 2. The molecule has 0 aromatic heterocycles. The fourth-order valence-corrected chi connectivity index (χ4v) is 3.41. The van der Waals surface area contributed by atoms with Gasteiger partial charge in [0.2, 0.25) is 0 Å². The monoisotopic (exact) mass is 294 g/mol. The summed E-state index contributed by atoms with van der Waals surface area (Å²) in [5.41, 5.74) is -1.91. The van der Waals surface area contributed by atoms with E-state index in [0.717, 1.165) is 0 Å². The lowest BCUT2D eigenvalue weighted by Gasteiger charge is -2.22. The van der Waals surface area contributed by atoms with Gasteiger partial charge in [0.1, 0.15) is 0 Å². The van der Waals surface area contributed by atoms with Crippen molar-refractivity contribution in [2.75, 3.05) is 0 Å². The summed E-state index contributed by atoms with van der Waals surface area (Å²) in [5, 5.41) is 0. The summed E-state index contributed by atoms with van der Waals surface area (Å²) < 4.78 is 22.5. The normalized spacial score (nSPS) is 16.3. The Balaban J connectivity index is 3.03. The van der Waals surface area contributed by atoms with Crippen molar-refractivity contribution < 1.29 is 28.7 Å². The standard InChI is InChI=1S/C10H16O6P2/c1-8(17(11,12)13)7-10(18(14,15)16)9-5-3-2-4-6-9/h2-6,8,10H,7H2,1H3,(H2,11,12,13)(H2,14,15,16). The smallest absolute Gasteiger partial charge is 0.324 e. The molecule has 0 aliphatic rings. The van der Waals surface area contributed by atoms with E-state index in [1.807, 2.05) is 0 Å². The zero-order valence-electron chi connectivity index (χ0n) is 9.75. The van der Waals surface area contributed by atoms with Crippen LogP contribution in [0.1, 0.15) is 24.6 Å². The minimum Gasteiger partial charge on any atom is -0.324 e. The average molecular weight is 294 g/mol. The lowest BCUT2D eigenvalue weighted by molar-refractivity contribution is 0.342. The van der Waals surface area contributed by atoms with E-state index in [1.165, 1.54) is 19.1 Å². The third-order valence-corrected chi connectivity index (χ3v) is 5.41. The van der Waals surface area contributed by atoms with Gasteiger partial charge in [0, 0.05) is 0 Å². The van der Waals surface area contributed by atoms with Gasteiger partial charge in [-0.15, -0.1) is 0 Å². The molecule has 2 atom stereocenters. The van der Waals surface area contributed by atoms with Gasteiger partial charge in [-0.2, -0.15) is 0 Å². The van der Waals surface area contributed by atoms with Crippen LogP contribution in [0.2, 0.25) is 0 Å². The molecule has 1 aromatic carbocycles. The van der Waals surface area contributed by atoms with E-state index in [9.17, 15) is 18.9 Å². The minimum atomic E-state index is -4.46. The molecule has 0 saturated heterocycles. The first-order valence-corrected chi connectivity index (χ1v) is 8.64. The zero-order valence-corrected chi connectivity index (χ0v) is 11.5. The van der Waals surface area contributed by atoms with Gasteiger partial charge in [-0.25, -0.2) is 0 Å². The lowest BCUT2D eigenvalue weighted by atomic mass is 10.1. The maximum Gasteiger partial charge on any atom is 0.332 e. The molecule has 2 unspecified atom stereocenters. The SMILES string of the molecule is CC(CC(c1ccccc1)P(=O)(O)O)P(=O)(O)O. The van der Waals surface area contributed by atoms with E-state index in [1.54, 1.807) is 18.2 Å². The maximum absolute atomic E-state index is 11.4. The molecule has 0 amide bonds. The molecule has 102 valence electrons. The molecule has 8 heteroatoms. The van der Waals surface area contributed by atoms with E-state index < -0.39 is 26.5 Å². The van der Waals surface area contributed by atoms with E-state index in [2.05, 4.69) is 0 Å². The average Bonchev–Trinajstić information content (AvgIpc) is 2.23. The fourth-order valence-electron chi connectivity index (χ4n) is 1.60. The minimum absolute atomic E-state index is 0.265. The van der Waals surface area contributed by atoms with E-state index in [-0.39, 0.29) is 6.42 Å². The second-order valence-corrected chi connectivity index (χ2v) is 8.05. The number of hydrogen-bond donors (Lipinski definition) is 4. The van der Waals surface area contributed by atoms with Crippen molar-refractivity contribution in [2.45, 2.75) is 24.7 Å². The van der Waals surface area contributed by atoms with Crippen LogP contribution in [0, 0.1) is 0 Å². The van der Waals surface area contributed by atoms with Crippen LogP contribution in [0.3, 0.4) is 0 Å².